The number of aromatic hydroxyl groups is 1. The van der Waals surface area contributed by atoms with Crippen molar-refractivity contribution in [1.29, 1.82) is 0 Å². The lowest BCUT2D eigenvalue weighted by molar-refractivity contribution is 0.402. The molecule has 0 atom stereocenters. The Hall–Kier alpha value is -2.46. The Balaban J connectivity index is 1.68. The van der Waals surface area contributed by atoms with Crippen LogP contribution in [-0.4, -0.2) is 28.7 Å². The number of hydrogen-bond acceptors (Lipinski definition) is 2. The fourth-order valence-corrected chi connectivity index (χ4v) is 4.02. The van der Waals surface area contributed by atoms with Gasteiger partial charge in [0.05, 0.1) is 17.0 Å². The van der Waals surface area contributed by atoms with Crippen molar-refractivity contribution in [3.63, 3.8) is 0 Å². The molecule has 4 rings (SSSR count). The van der Waals surface area contributed by atoms with Gasteiger partial charge in [0.2, 0.25) is 5.88 Å². The van der Waals surface area contributed by atoms with E-state index in [9.17, 15) is 5.11 Å². The second-order valence-electron chi connectivity index (χ2n) is 7.56. The minimum absolute atomic E-state index is 0.174. The largest absolute Gasteiger partial charge is 0.494 e. The zero-order chi connectivity index (χ0) is 20.5. The number of benzene rings is 3. The summed E-state index contributed by atoms with van der Waals surface area (Å²) in [5.74, 6) is 0.174. The van der Waals surface area contributed by atoms with Crippen LogP contribution in [0.5, 0.6) is 5.88 Å². The summed E-state index contributed by atoms with van der Waals surface area (Å²) < 4.78 is 1.81. The lowest BCUT2D eigenvalue weighted by Crippen LogP contribution is -2.10. The van der Waals surface area contributed by atoms with Gasteiger partial charge in [-0.05, 0) is 60.6 Å². The van der Waals surface area contributed by atoms with E-state index < -0.39 is 0 Å². The van der Waals surface area contributed by atoms with Gasteiger partial charge in [-0.15, -0.1) is 0 Å². The molecule has 0 saturated heterocycles. The maximum Gasteiger partial charge on any atom is 0.200 e. The molecule has 0 amide bonds. The summed E-state index contributed by atoms with van der Waals surface area (Å²) in [5, 5.41) is 13.5. The summed E-state index contributed by atoms with van der Waals surface area (Å²) >= 11 is 12.5. The SMILES string of the molecule is CN(C)Cc1ccc(-c2cc(Cl)c3c(O)n(Cc4ccc(Cl)cc4)cc3c2)cc1. The zero-order valence-electron chi connectivity index (χ0n) is 16.4. The van der Waals surface area contributed by atoms with Crippen molar-refractivity contribution in [1.82, 2.24) is 9.47 Å². The van der Waals surface area contributed by atoms with E-state index in [0.717, 1.165) is 28.6 Å². The standard InChI is InChI=1S/C24H22Cl2N2O/c1-27(2)13-16-3-7-18(8-4-16)19-11-20-15-28(24(29)23(20)22(26)12-19)14-17-5-9-21(25)10-6-17/h3-12,15,29H,13-14H2,1-2H3. The molecule has 0 aliphatic carbocycles. The average Bonchev–Trinajstić information content (AvgIpc) is 2.99. The first kappa shape index (κ1) is 19.8. The number of fused-ring (bicyclic) bond motifs is 1. The maximum absolute atomic E-state index is 10.7. The molecule has 1 N–H and O–H groups in total. The molecule has 0 spiro atoms. The minimum atomic E-state index is 0.174. The van der Waals surface area contributed by atoms with Crippen LogP contribution >= 0.6 is 23.2 Å². The van der Waals surface area contributed by atoms with Gasteiger partial charge in [0.15, 0.2) is 0 Å². The van der Waals surface area contributed by atoms with Gasteiger partial charge in [0, 0.05) is 23.2 Å². The van der Waals surface area contributed by atoms with Gasteiger partial charge in [-0.25, -0.2) is 0 Å². The summed E-state index contributed by atoms with van der Waals surface area (Å²) in [6.07, 6.45) is 1.94. The predicted molar refractivity (Wildman–Crippen MR) is 122 cm³/mol. The normalized spacial score (nSPS) is 11.5. The van der Waals surface area contributed by atoms with Crippen molar-refractivity contribution in [3.05, 3.63) is 88.0 Å². The van der Waals surface area contributed by atoms with Crippen LogP contribution in [0.2, 0.25) is 10.0 Å². The van der Waals surface area contributed by atoms with Crippen LogP contribution in [0.1, 0.15) is 11.1 Å². The smallest absolute Gasteiger partial charge is 0.200 e. The summed E-state index contributed by atoms with van der Waals surface area (Å²) in [4.78, 5) is 2.14. The van der Waals surface area contributed by atoms with Crippen LogP contribution in [0.25, 0.3) is 21.9 Å². The number of halogens is 2. The molecule has 0 aliphatic heterocycles. The highest BCUT2D eigenvalue weighted by Crippen LogP contribution is 2.37. The van der Waals surface area contributed by atoms with Crippen LogP contribution in [0.3, 0.4) is 0 Å². The topological polar surface area (TPSA) is 28.4 Å². The average molecular weight is 425 g/mol. The van der Waals surface area contributed by atoms with Crippen molar-refractivity contribution in [3.8, 4) is 17.0 Å². The number of nitrogens with zero attached hydrogens (tertiary/aromatic N) is 2. The first-order valence-corrected chi connectivity index (χ1v) is 10.2. The Morgan fingerprint density at radius 2 is 1.52 bits per heavy atom. The van der Waals surface area contributed by atoms with Gasteiger partial charge in [0.25, 0.3) is 0 Å². The lowest BCUT2D eigenvalue weighted by atomic mass is 10.0. The number of rotatable bonds is 5. The first-order valence-electron chi connectivity index (χ1n) is 9.40. The van der Waals surface area contributed by atoms with Crippen LogP contribution < -0.4 is 0 Å². The second-order valence-corrected chi connectivity index (χ2v) is 8.41. The van der Waals surface area contributed by atoms with Crippen LogP contribution in [0, 0.1) is 0 Å². The first-order chi connectivity index (χ1) is 13.9. The fraction of sp³-hybridized carbons (Fsp3) is 0.167. The quantitative estimate of drug-likeness (QED) is 0.399. The molecule has 0 fully saturated rings. The Kier molecular flexibility index (Phi) is 5.55. The minimum Gasteiger partial charge on any atom is -0.494 e. The highest BCUT2D eigenvalue weighted by Gasteiger charge is 2.14. The third kappa shape index (κ3) is 4.27. The summed E-state index contributed by atoms with van der Waals surface area (Å²) in [5.41, 5.74) is 4.44. The predicted octanol–water partition coefficient (Wildman–Crippen LogP) is 6.43. The molecule has 1 aromatic heterocycles. The van der Waals surface area contributed by atoms with Crippen molar-refractivity contribution >= 4 is 34.0 Å². The van der Waals surface area contributed by atoms with E-state index in [0.29, 0.717) is 22.0 Å². The molecule has 0 unspecified atom stereocenters. The van der Waals surface area contributed by atoms with E-state index in [1.54, 1.807) is 0 Å². The van der Waals surface area contributed by atoms with E-state index in [2.05, 4.69) is 49.3 Å². The van der Waals surface area contributed by atoms with Crippen molar-refractivity contribution in [2.75, 3.05) is 14.1 Å². The van der Waals surface area contributed by atoms with Crippen LogP contribution in [0.15, 0.2) is 66.9 Å². The van der Waals surface area contributed by atoms with E-state index in [1.807, 2.05) is 41.1 Å². The Labute approximate surface area is 180 Å². The molecule has 4 aromatic rings. The molecule has 148 valence electrons. The maximum atomic E-state index is 10.7. The fourth-order valence-electron chi connectivity index (χ4n) is 3.58. The molecule has 0 aliphatic rings. The molecule has 5 heteroatoms. The van der Waals surface area contributed by atoms with Crippen molar-refractivity contribution in [2.45, 2.75) is 13.1 Å². The third-order valence-corrected chi connectivity index (χ3v) is 5.51. The van der Waals surface area contributed by atoms with Crippen LogP contribution in [0.4, 0.5) is 0 Å². The van der Waals surface area contributed by atoms with E-state index in [-0.39, 0.29) is 5.88 Å². The molecule has 0 bridgehead atoms. The van der Waals surface area contributed by atoms with Gasteiger partial charge < -0.3 is 14.6 Å². The highest BCUT2D eigenvalue weighted by molar-refractivity contribution is 6.36. The van der Waals surface area contributed by atoms with Gasteiger partial charge in [0.1, 0.15) is 0 Å². The number of hydrogen-bond donors (Lipinski definition) is 1. The monoisotopic (exact) mass is 424 g/mol. The molecular formula is C24H22Cl2N2O. The summed E-state index contributed by atoms with van der Waals surface area (Å²) in [6, 6.07) is 20.1. The molecule has 29 heavy (non-hydrogen) atoms. The van der Waals surface area contributed by atoms with Crippen molar-refractivity contribution < 1.29 is 5.11 Å². The van der Waals surface area contributed by atoms with E-state index in [1.165, 1.54) is 5.56 Å². The molecule has 3 aromatic carbocycles. The van der Waals surface area contributed by atoms with Gasteiger partial charge in [-0.2, -0.15) is 0 Å². The lowest BCUT2D eigenvalue weighted by Gasteiger charge is -2.10. The number of aromatic nitrogens is 1. The molecular weight excluding hydrogens is 403 g/mol. The molecule has 1 heterocycles. The second kappa shape index (κ2) is 8.11. The Bertz CT molecular complexity index is 1150. The Morgan fingerprint density at radius 3 is 2.17 bits per heavy atom. The van der Waals surface area contributed by atoms with E-state index >= 15 is 0 Å². The molecule has 0 radical (unpaired) electrons. The summed E-state index contributed by atoms with van der Waals surface area (Å²) in [7, 11) is 4.12. The van der Waals surface area contributed by atoms with Crippen LogP contribution in [-0.2, 0) is 13.1 Å². The summed E-state index contributed by atoms with van der Waals surface area (Å²) in [6.45, 7) is 1.45. The Morgan fingerprint density at radius 1 is 0.862 bits per heavy atom. The van der Waals surface area contributed by atoms with Crippen molar-refractivity contribution in [2.24, 2.45) is 0 Å². The highest BCUT2D eigenvalue weighted by atomic mass is 35.5. The molecule has 3 nitrogen and oxygen atoms in total. The third-order valence-electron chi connectivity index (χ3n) is 4.96. The van der Waals surface area contributed by atoms with Gasteiger partial charge >= 0.3 is 0 Å². The zero-order valence-corrected chi connectivity index (χ0v) is 17.9. The van der Waals surface area contributed by atoms with Gasteiger partial charge in [-0.1, -0.05) is 59.6 Å². The molecule has 0 saturated carbocycles. The van der Waals surface area contributed by atoms with E-state index in [4.69, 9.17) is 23.2 Å². The van der Waals surface area contributed by atoms with Gasteiger partial charge in [-0.3, -0.25) is 0 Å².